The molecule has 0 spiro atoms. The molecule has 1 heterocycles. The topological polar surface area (TPSA) is 72.8 Å². The molecule has 0 amide bonds. The van der Waals surface area contributed by atoms with Crippen LogP contribution in [0.15, 0.2) is 52.9 Å². The van der Waals surface area contributed by atoms with Crippen LogP contribution in [0.2, 0.25) is 0 Å². The predicted octanol–water partition coefficient (Wildman–Crippen LogP) is 4.55. The van der Waals surface area contributed by atoms with Gasteiger partial charge < -0.3 is 9.47 Å². The highest BCUT2D eigenvalue weighted by molar-refractivity contribution is 7.13. The summed E-state index contributed by atoms with van der Waals surface area (Å²) in [5, 5.41) is 6.46. The van der Waals surface area contributed by atoms with E-state index in [0.717, 1.165) is 29.3 Å². The van der Waals surface area contributed by atoms with Gasteiger partial charge >= 0.3 is 5.97 Å². The van der Waals surface area contributed by atoms with E-state index in [1.54, 1.807) is 18.5 Å². The Kier molecular flexibility index (Phi) is 7.45. The van der Waals surface area contributed by atoms with Gasteiger partial charge in [0, 0.05) is 29.1 Å². The smallest absolute Gasteiger partial charge is 0.311 e. The molecule has 0 aliphatic heterocycles. The summed E-state index contributed by atoms with van der Waals surface area (Å²) in [4.78, 5) is 15.8. The minimum atomic E-state index is -0.699. The average Bonchev–Trinajstić information content (AvgIpc) is 3.14. The molecule has 0 fully saturated rings. The van der Waals surface area contributed by atoms with Crippen LogP contribution in [0, 0.1) is 11.6 Å². The van der Waals surface area contributed by atoms with E-state index >= 15 is 0 Å². The van der Waals surface area contributed by atoms with Crippen LogP contribution in [0.4, 0.5) is 13.9 Å². The molecule has 0 unspecified atom stereocenters. The van der Waals surface area contributed by atoms with E-state index in [-0.39, 0.29) is 24.7 Å². The maximum absolute atomic E-state index is 13.3. The van der Waals surface area contributed by atoms with Crippen LogP contribution >= 0.6 is 11.3 Å². The van der Waals surface area contributed by atoms with Crippen molar-refractivity contribution in [3.8, 4) is 5.75 Å². The highest BCUT2D eigenvalue weighted by Gasteiger charge is 2.08. The van der Waals surface area contributed by atoms with Gasteiger partial charge in [0.1, 0.15) is 24.0 Å². The number of thiazole rings is 1. The number of halogens is 2. The van der Waals surface area contributed by atoms with E-state index in [1.165, 1.54) is 11.3 Å². The molecule has 0 atom stereocenters. The molecular weight excluding hydrogens is 412 g/mol. The third kappa shape index (κ3) is 6.35. The first-order chi connectivity index (χ1) is 14.5. The summed E-state index contributed by atoms with van der Waals surface area (Å²) >= 11 is 1.32. The number of hydrazone groups is 1. The SMILES string of the molecule is CCOC(=O)Cc1csc(NN=Cc2ccccc2COc2cc(F)cc(F)c2)n1. The summed E-state index contributed by atoms with van der Waals surface area (Å²) < 4.78 is 37.0. The van der Waals surface area contributed by atoms with Gasteiger partial charge in [-0.1, -0.05) is 24.3 Å². The van der Waals surface area contributed by atoms with Gasteiger partial charge in [0.15, 0.2) is 0 Å². The highest BCUT2D eigenvalue weighted by Crippen LogP contribution is 2.19. The Balaban J connectivity index is 1.60. The Hall–Kier alpha value is -3.33. The Morgan fingerprint density at radius 1 is 1.23 bits per heavy atom. The molecule has 0 aliphatic rings. The minimum Gasteiger partial charge on any atom is -0.489 e. The zero-order chi connectivity index (χ0) is 21.3. The molecule has 156 valence electrons. The molecule has 9 heteroatoms. The van der Waals surface area contributed by atoms with Gasteiger partial charge in [0.05, 0.1) is 24.9 Å². The number of carbonyl (C=O) groups is 1. The summed E-state index contributed by atoms with van der Waals surface area (Å²) in [5.74, 6) is -1.62. The van der Waals surface area contributed by atoms with Gasteiger partial charge in [-0.25, -0.2) is 13.8 Å². The molecule has 0 bridgehead atoms. The molecule has 30 heavy (non-hydrogen) atoms. The largest absolute Gasteiger partial charge is 0.489 e. The van der Waals surface area contributed by atoms with Crippen molar-refractivity contribution < 1.29 is 23.0 Å². The normalized spacial score (nSPS) is 10.9. The minimum absolute atomic E-state index is 0.106. The Morgan fingerprint density at radius 2 is 2.00 bits per heavy atom. The van der Waals surface area contributed by atoms with Crippen molar-refractivity contribution in [2.75, 3.05) is 12.0 Å². The van der Waals surface area contributed by atoms with Gasteiger partial charge in [-0.15, -0.1) is 11.3 Å². The number of esters is 1. The van der Waals surface area contributed by atoms with E-state index in [4.69, 9.17) is 9.47 Å². The molecule has 0 saturated carbocycles. The van der Waals surface area contributed by atoms with E-state index in [9.17, 15) is 13.6 Å². The third-order valence-corrected chi connectivity index (χ3v) is 4.63. The highest BCUT2D eigenvalue weighted by atomic mass is 32.1. The summed E-state index contributed by atoms with van der Waals surface area (Å²) in [6, 6.07) is 10.4. The van der Waals surface area contributed by atoms with E-state index in [1.807, 2.05) is 24.3 Å². The number of hydrogen-bond donors (Lipinski definition) is 1. The van der Waals surface area contributed by atoms with Crippen LogP contribution in [-0.4, -0.2) is 23.8 Å². The molecular formula is C21H19F2N3O3S. The molecule has 3 rings (SSSR count). The fraction of sp³-hybridized carbons (Fsp3) is 0.190. The fourth-order valence-corrected chi connectivity index (χ4v) is 3.18. The van der Waals surface area contributed by atoms with Crippen LogP contribution in [0.1, 0.15) is 23.7 Å². The lowest BCUT2D eigenvalue weighted by atomic mass is 10.1. The second-order valence-electron chi connectivity index (χ2n) is 6.09. The number of rotatable bonds is 9. The van der Waals surface area contributed by atoms with Crippen LogP contribution < -0.4 is 10.2 Å². The first-order valence-corrected chi connectivity index (χ1v) is 9.97. The van der Waals surface area contributed by atoms with Gasteiger partial charge in [-0.05, 0) is 12.5 Å². The first kappa shape index (κ1) is 21.4. The molecule has 0 saturated heterocycles. The van der Waals surface area contributed by atoms with Crippen molar-refractivity contribution in [2.45, 2.75) is 20.0 Å². The summed E-state index contributed by atoms with van der Waals surface area (Å²) in [6.45, 7) is 2.20. The number of nitrogens with one attached hydrogen (secondary N) is 1. The lowest BCUT2D eigenvalue weighted by Crippen LogP contribution is -2.07. The number of nitrogens with zero attached hydrogens (tertiary/aromatic N) is 2. The monoisotopic (exact) mass is 431 g/mol. The number of carbonyl (C=O) groups excluding carboxylic acids is 1. The molecule has 2 aromatic carbocycles. The van der Waals surface area contributed by atoms with E-state index in [0.29, 0.717) is 17.4 Å². The quantitative estimate of drug-likeness (QED) is 0.306. The van der Waals surface area contributed by atoms with Crippen molar-refractivity contribution in [3.63, 3.8) is 0 Å². The number of aromatic nitrogens is 1. The van der Waals surface area contributed by atoms with Crippen molar-refractivity contribution in [1.29, 1.82) is 0 Å². The van der Waals surface area contributed by atoms with Crippen molar-refractivity contribution in [2.24, 2.45) is 5.10 Å². The second kappa shape index (κ2) is 10.4. The molecule has 3 aromatic rings. The van der Waals surface area contributed by atoms with Crippen molar-refractivity contribution >= 4 is 28.7 Å². The molecule has 6 nitrogen and oxygen atoms in total. The van der Waals surface area contributed by atoms with Crippen molar-refractivity contribution in [3.05, 3.63) is 76.3 Å². The number of benzene rings is 2. The molecule has 0 aliphatic carbocycles. The average molecular weight is 431 g/mol. The summed E-state index contributed by atoms with van der Waals surface area (Å²) in [5.41, 5.74) is 4.98. The standard InChI is InChI=1S/C21H19F2N3O3S/c1-2-28-20(27)10-18-13-30-21(25-18)26-24-11-14-5-3-4-6-15(14)12-29-19-8-16(22)7-17(23)9-19/h3-9,11,13H,2,10,12H2,1H3,(H,25,26). The van der Waals surface area contributed by atoms with Crippen LogP contribution in [0.5, 0.6) is 5.75 Å². The second-order valence-corrected chi connectivity index (χ2v) is 6.95. The lowest BCUT2D eigenvalue weighted by Gasteiger charge is -2.09. The van der Waals surface area contributed by atoms with Gasteiger partial charge in [-0.2, -0.15) is 5.10 Å². The lowest BCUT2D eigenvalue weighted by molar-refractivity contribution is -0.142. The van der Waals surface area contributed by atoms with E-state index in [2.05, 4.69) is 15.5 Å². The van der Waals surface area contributed by atoms with Crippen LogP contribution in [0.3, 0.4) is 0 Å². The van der Waals surface area contributed by atoms with Gasteiger partial charge in [0.25, 0.3) is 0 Å². The molecule has 1 aromatic heterocycles. The Bertz CT molecular complexity index is 1020. The predicted molar refractivity (Wildman–Crippen MR) is 111 cm³/mol. The maximum Gasteiger partial charge on any atom is 0.311 e. The third-order valence-electron chi connectivity index (χ3n) is 3.83. The maximum atomic E-state index is 13.3. The Morgan fingerprint density at radius 3 is 2.77 bits per heavy atom. The number of ether oxygens (including phenoxy) is 2. The van der Waals surface area contributed by atoms with Gasteiger partial charge in [0.2, 0.25) is 5.13 Å². The molecule has 0 radical (unpaired) electrons. The zero-order valence-corrected chi connectivity index (χ0v) is 16.9. The van der Waals surface area contributed by atoms with Crippen molar-refractivity contribution in [1.82, 2.24) is 4.98 Å². The number of hydrogen-bond acceptors (Lipinski definition) is 7. The molecule has 1 N–H and O–H groups in total. The van der Waals surface area contributed by atoms with E-state index < -0.39 is 11.6 Å². The summed E-state index contributed by atoms with van der Waals surface area (Å²) in [6.07, 6.45) is 1.70. The fourth-order valence-electron chi connectivity index (χ4n) is 2.52. The van der Waals surface area contributed by atoms with Crippen LogP contribution in [-0.2, 0) is 22.6 Å². The number of anilines is 1. The zero-order valence-electron chi connectivity index (χ0n) is 16.1. The summed E-state index contributed by atoms with van der Waals surface area (Å²) in [7, 11) is 0. The van der Waals surface area contributed by atoms with Crippen LogP contribution in [0.25, 0.3) is 0 Å². The van der Waals surface area contributed by atoms with Gasteiger partial charge in [-0.3, -0.25) is 10.2 Å². The Labute approximate surface area is 176 Å². The first-order valence-electron chi connectivity index (χ1n) is 9.09.